The predicted octanol–water partition coefficient (Wildman–Crippen LogP) is 4.67. The predicted molar refractivity (Wildman–Crippen MR) is 113 cm³/mol. The van der Waals surface area contributed by atoms with E-state index in [4.69, 9.17) is 16.3 Å². The molecule has 1 amide bonds. The summed E-state index contributed by atoms with van der Waals surface area (Å²) in [7, 11) is 1.54. The van der Waals surface area contributed by atoms with Gasteiger partial charge in [0.1, 0.15) is 11.6 Å². The fourth-order valence-electron chi connectivity index (χ4n) is 2.67. The zero-order valence-corrected chi connectivity index (χ0v) is 17.6. The van der Waals surface area contributed by atoms with Crippen molar-refractivity contribution >= 4 is 35.0 Å². The Labute approximate surface area is 173 Å². The van der Waals surface area contributed by atoms with Crippen LogP contribution in [0.15, 0.2) is 47.6 Å². The second-order valence-electron chi connectivity index (χ2n) is 6.25. The van der Waals surface area contributed by atoms with Crippen molar-refractivity contribution in [3.8, 4) is 11.4 Å². The van der Waals surface area contributed by atoms with E-state index < -0.39 is 5.25 Å². The van der Waals surface area contributed by atoms with Gasteiger partial charge in [0.2, 0.25) is 5.91 Å². The van der Waals surface area contributed by atoms with Crippen molar-refractivity contribution in [3.05, 3.63) is 58.9 Å². The number of thioether (sulfide) groups is 1. The van der Waals surface area contributed by atoms with Gasteiger partial charge in [-0.15, -0.1) is 10.2 Å². The molecule has 3 aromatic rings. The number of carbonyl (C=O) groups is 1. The van der Waals surface area contributed by atoms with Crippen molar-refractivity contribution in [3.63, 3.8) is 0 Å². The van der Waals surface area contributed by atoms with Crippen molar-refractivity contribution in [2.45, 2.75) is 31.2 Å². The van der Waals surface area contributed by atoms with Crippen LogP contribution >= 0.6 is 23.4 Å². The van der Waals surface area contributed by atoms with Crippen LogP contribution in [0.25, 0.3) is 5.69 Å². The van der Waals surface area contributed by atoms with Gasteiger partial charge in [-0.05, 0) is 44.5 Å². The number of amides is 1. The molecule has 0 aliphatic carbocycles. The molecule has 28 heavy (non-hydrogen) atoms. The van der Waals surface area contributed by atoms with Crippen LogP contribution in [0.4, 0.5) is 5.69 Å². The number of anilines is 1. The van der Waals surface area contributed by atoms with Crippen molar-refractivity contribution in [2.75, 3.05) is 12.4 Å². The number of hydrogen-bond donors (Lipinski definition) is 1. The van der Waals surface area contributed by atoms with Gasteiger partial charge in [0, 0.05) is 16.8 Å². The molecule has 0 radical (unpaired) electrons. The van der Waals surface area contributed by atoms with Crippen molar-refractivity contribution in [2.24, 2.45) is 0 Å². The molecule has 0 saturated carbocycles. The summed E-state index contributed by atoms with van der Waals surface area (Å²) in [5.41, 5.74) is 2.40. The Morgan fingerprint density at radius 2 is 1.93 bits per heavy atom. The van der Waals surface area contributed by atoms with E-state index in [2.05, 4.69) is 15.5 Å². The first-order valence-electron chi connectivity index (χ1n) is 8.69. The Hall–Kier alpha value is -2.51. The molecule has 0 aliphatic heterocycles. The number of ether oxygens (including phenoxy) is 1. The molecule has 0 aliphatic rings. The number of rotatable bonds is 6. The topological polar surface area (TPSA) is 69.0 Å². The van der Waals surface area contributed by atoms with Gasteiger partial charge in [0.25, 0.3) is 0 Å². The third-order valence-corrected chi connectivity index (χ3v) is 5.65. The van der Waals surface area contributed by atoms with Crippen LogP contribution in [0.2, 0.25) is 5.02 Å². The van der Waals surface area contributed by atoms with Crippen LogP contribution in [0, 0.1) is 13.8 Å². The van der Waals surface area contributed by atoms with E-state index in [9.17, 15) is 4.79 Å². The highest BCUT2D eigenvalue weighted by molar-refractivity contribution is 8.00. The highest BCUT2D eigenvalue weighted by Crippen LogP contribution is 2.32. The van der Waals surface area contributed by atoms with E-state index in [1.54, 1.807) is 19.2 Å². The van der Waals surface area contributed by atoms with Crippen molar-refractivity contribution in [1.82, 2.24) is 14.8 Å². The Kier molecular flexibility index (Phi) is 6.26. The number of halogens is 1. The van der Waals surface area contributed by atoms with E-state index in [-0.39, 0.29) is 5.91 Å². The number of benzene rings is 2. The summed E-state index contributed by atoms with van der Waals surface area (Å²) in [6.07, 6.45) is 0. The molecule has 0 spiro atoms. The first kappa shape index (κ1) is 20.2. The Bertz CT molecular complexity index is 991. The van der Waals surface area contributed by atoms with Crippen LogP contribution in [-0.2, 0) is 4.79 Å². The SMILES string of the molecule is COc1cc(Cl)c(C)cc1NC(=O)[C@@H](C)Sc1nnc(C)n1-c1ccccc1. The fourth-order valence-corrected chi connectivity index (χ4v) is 3.74. The number of nitrogens with one attached hydrogen (secondary N) is 1. The van der Waals surface area contributed by atoms with Crippen LogP contribution in [0.3, 0.4) is 0 Å². The highest BCUT2D eigenvalue weighted by Gasteiger charge is 2.21. The van der Waals surface area contributed by atoms with E-state index in [0.717, 1.165) is 17.1 Å². The van der Waals surface area contributed by atoms with Gasteiger partial charge >= 0.3 is 0 Å². The molecule has 1 atom stereocenters. The number of nitrogens with zero attached hydrogens (tertiary/aromatic N) is 3. The third kappa shape index (κ3) is 4.31. The molecule has 6 nitrogen and oxygen atoms in total. The summed E-state index contributed by atoms with van der Waals surface area (Å²) in [4.78, 5) is 12.8. The molecular formula is C20H21ClN4O2S. The number of para-hydroxylation sites is 1. The number of methoxy groups -OCH3 is 1. The Morgan fingerprint density at radius 3 is 2.61 bits per heavy atom. The molecule has 8 heteroatoms. The summed E-state index contributed by atoms with van der Waals surface area (Å²) in [5.74, 6) is 1.12. The molecule has 0 bridgehead atoms. The minimum atomic E-state index is -0.397. The lowest BCUT2D eigenvalue weighted by molar-refractivity contribution is -0.115. The summed E-state index contributed by atoms with van der Waals surface area (Å²) in [5, 5.41) is 12.2. The second kappa shape index (κ2) is 8.67. The highest BCUT2D eigenvalue weighted by atomic mass is 35.5. The zero-order chi connectivity index (χ0) is 20.3. The molecule has 146 valence electrons. The lowest BCUT2D eigenvalue weighted by Gasteiger charge is -2.16. The van der Waals surface area contributed by atoms with E-state index in [1.807, 2.05) is 55.7 Å². The van der Waals surface area contributed by atoms with Crippen molar-refractivity contribution < 1.29 is 9.53 Å². The lowest BCUT2D eigenvalue weighted by atomic mass is 10.2. The van der Waals surface area contributed by atoms with Gasteiger partial charge in [-0.3, -0.25) is 9.36 Å². The molecule has 0 saturated heterocycles. The first-order valence-corrected chi connectivity index (χ1v) is 9.95. The van der Waals surface area contributed by atoms with Crippen molar-refractivity contribution in [1.29, 1.82) is 0 Å². The molecule has 1 heterocycles. The van der Waals surface area contributed by atoms with Gasteiger partial charge in [0.15, 0.2) is 5.16 Å². The maximum atomic E-state index is 12.8. The normalized spacial score (nSPS) is 11.9. The molecule has 2 aromatic carbocycles. The lowest BCUT2D eigenvalue weighted by Crippen LogP contribution is -2.23. The molecular weight excluding hydrogens is 396 g/mol. The zero-order valence-electron chi connectivity index (χ0n) is 16.1. The Balaban J connectivity index is 1.79. The molecule has 3 rings (SSSR count). The molecule has 0 unspecified atom stereocenters. The first-order chi connectivity index (χ1) is 13.4. The average Bonchev–Trinajstić information content (AvgIpc) is 3.05. The van der Waals surface area contributed by atoms with Gasteiger partial charge in [-0.1, -0.05) is 41.6 Å². The number of aromatic nitrogens is 3. The third-order valence-electron chi connectivity index (χ3n) is 4.20. The van der Waals surface area contributed by atoms with Crippen LogP contribution < -0.4 is 10.1 Å². The number of hydrogen-bond acceptors (Lipinski definition) is 5. The maximum absolute atomic E-state index is 12.8. The summed E-state index contributed by atoms with van der Waals surface area (Å²) in [6, 6.07) is 13.3. The van der Waals surface area contributed by atoms with Gasteiger partial charge in [-0.25, -0.2) is 0 Å². The molecule has 1 N–H and O–H groups in total. The standard InChI is InChI=1S/C20H21ClN4O2S/c1-12-10-17(18(27-4)11-16(12)21)22-19(26)13(2)28-20-24-23-14(3)25(20)15-8-6-5-7-9-15/h5-11,13H,1-4H3,(H,22,26)/t13-/m1/s1. The fraction of sp³-hybridized carbons (Fsp3) is 0.250. The van der Waals surface area contributed by atoms with Crippen LogP contribution in [-0.4, -0.2) is 33.0 Å². The average molecular weight is 417 g/mol. The number of carbonyl (C=O) groups excluding carboxylic acids is 1. The summed E-state index contributed by atoms with van der Waals surface area (Å²) < 4.78 is 7.26. The summed E-state index contributed by atoms with van der Waals surface area (Å²) >= 11 is 7.48. The minimum absolute atomic E-state index is 0.162. The van der Waals surface area contributed by atoms with Crippen LogP contribution in [0.5, 0.6) is 5.75 Å². The number of aryl methyl sites for hydroxylation is 2. The maximum Gasteiger partial charge on any atom is 0.237 e. The summed E-state index contributed by atoms with van der Waals surface area (Å²) in [6.45, 7) is 5.59. The minimum Gasteiger partial charge on any atom is -0.495 e. The van der Waals surface area contributed by atoms with Gasteiger partial charge < -0.3 is 10.1 Å². The van der Waals surface area contributed by atoms with Crippen LogP contribution in [0.1, 0.15) is 18.3 Å². The molecule has 1 aromatic heterocycles. The Morgan fingerprint density at radius 1 is 1.21 bits per heavy atom. The quantitative estimate of drug-likeness (QED) is 0.591. The van der Waals surface area contributed by atoms with E-state index >= 15 is 0 Å². The van der Waals surface area contributed by atoms with Gasteiger partial charge in [0.05, 0.1) is 18.0 Å². The monoisotopic (exact) mass is 416 g/mol. The van der Waals surface area contributed by atoms with Gasteiger partial charge in [-0.2, -0.15) is 0 Å². The second-order valence-corrected chi connectivity index (χ2v) is 7.97. The van der Waals surface area contributed by atoms with E-state index in [0.29, 0.717) is 21.6 Å². The smallest absolute Gasteiger partial charge is 0.237 e. The molecule has 0 fully saturated rings. The largest absolute Gasteiger partial charge is 0.495 e. The van der Waals surface area contributed by atoms with E-state index in [1.165, 1.54) is 11.8 Å².